The molecule has 2 heterocycles. The summed E-state index contributed by atoms with van der Waals surface area (Å²) in [4.78, 5) is 21.1. The fourth-order valence-corrected chi connectivity index (χ4v) is 3.83. The third kappa shape index (κ3) is 5.79. The molecule has 1 fully saturated rings. The summed E-state index contributed by atoms with van der Waals surface area (Å²) >= 11 is 0. The third-order valence-corrected chi connectivity index (χ3v) is 5.56. The van der Waals surface area contributed by atoms with E-state index < -0.39 is 11.6 Å². The number of hydrogen-bond donors (Lipinski definition) is 2. The highest BCUT2D eigenvalue weighted by atomic mass is 19.2. The number of carbonyl (C=O) groups is 1. The summed E-state index contributed by atoms with van der Waals surface area (Å²) in [7, 11) is 0. The summed E-state index contributed by atoms with van der Waals surface area (Å²) in [6, 6.07) is 14.8. The summed E-state index contributed by atoms with van der Waals surface area (Å²) in [5, 5.41) is 5.56. The largest absolute Gasteiger partial charge is 0.492 e. The highest BCUT2D eigenvalue weighted by Crippen LogP contribution is 2.24. The number of nitrogens with one attached hydrogen (secondary N) is 2. The average molecular weight is 468 g/mol. The van der Waals surface area contributed by atoms with Crippen LogP contribution >= 0.6 is 0 Å². The van der Waals surface area contributed by atoms with Crippen LogP contribution in [0.1, 0.15) is 12.5 Å². The number of carbonyl (C=O) groups excluding carboxylic acids is 1. The Kier molecular flexibility index (Phi) is 7.54. The number of ether oxygens (including phenoxy) is 1. The Balaban J connectivity index is 1.28. The lowest BCUT2D eigenvalue weighted by Gasteiger charge is -2.35. The van der Waals surface area contributed by atoms with Crippen LogP contribution in [0.25, 0.3) is 0 Å². The monoisotopic (exact) mass is 467 g/mol. The summed E-state index contributed by atoms with van der Waals surface area (Å²) in [6.07, 6.45) is 1.61. The number of rotatable bonds is 7. The molecule has 34 heavy (non-hydrogen) atoms. The Morgan fingerprint density at radius 1 is 1.00 bits per heavy atom. The minimum Gasteiger partial charge on any atom is -0.492 e. The number of amides is 2. The number of urea groups is 1. The molecule has 0 radical (unpaired) electrons. The van der Waals surface area contributed by atoms with Crippen LogP contribution in [-0.4, -0.2) is 48.7 Å². The predicted molar refractivity (Wildman–Crippen MR) is 128 cm³/mol. The average Bonchev–Trinajstić information content (AvgIpc) is 2.84. The zero-order valence-corrected chi connectivity index (χ0v) is 18.9. The van der Waals surface area contributed by atoms with Crippen LogP contribution in [0.15, 0.2) is 60.8 Å². The van der Waals surface area contributed by atoms with E-state index in [1.54, 1.807) is 30.5 Å². The molecule has 1 saturated heterocycles. The molecule has 1 aromatic heterocycles. The van der Waals surface area contributed by atoms with Crippen molar-refractivity contribution in [1.29, 1.82) is 0 Å². The minimum absolute atomic E-state index is 0.365. The number of nitrogens with zero attached hydrogens (tertiary/aromatic N) is 3. The van der Waals surface area contributed by atoms with Gasteiger partial charge in [0.05, 0.1) is 24.2 Å². The van der Waals surface area contributed by atoms with Gasteiger partial charge in [-0.25, -0.2) is 18.6 Å². The van der Waals surface area contributed by atoms with E-state index in [1.807, 2.05) is 25.1 Å². The van der Waals surface area contributed by atoms with Crippen molar-refractivity contribution in [1.82, 2.24) is 9.88 Å². The Bertz CT molecular complexity index is 1120. The van der Waals surface area contributed by atoms with Crippen molar-refractivity contribution in [3.05, 3.63) is 78.0 Å². The van der Waals surface area contributed by atoms with Gasteiger partial charge in [0.15, 0.2) is 11.6 Å². The van der Waals surface area contributed by atoms with Gasteiger partial charge in [-0.15, -0.1) is 0 Å². The van der Waals surface area contributed by atoms with Gasteiger partial charge in [-0.1, -0.05) is 24.3 Å². The van der Waals surface area contributed by atoms with Crippen molar-refractivity contribution in [2.24, 2.45) is 0 Å². The smallest absolute Gasteiger partial charge is 0.323 e. The fourth-order valence-electron chi connectivity index (χ4n) is 3.83. The van der Waals surface area contributed by atoms with Gasteiger partial charge in [-0.2, -0.15) is 0 Å². The third-order valence-electron chi connectivity index (χ3n) is 5.56. The second kappa shape index (κ2) is 10.9. The number of para-hydroxylation sites is 2. The standard InChI is InChI=1S/C25H27F2N5O2/c1-2-34-22-9-4-3-8-21(22)30-25(33)29-19-10-11-23(28-16-19)32-14-12-31(13-15-32)17-18-6-5-7-20(26)24(18)27/h3-11,16H,2,12-15,17H2,1H3,(H2,29,30,33). The van der Waals surface area contributed by atoms with Gasteiger partial charge in [0.2, 0.25) is 0 Å². The van der Waals surface area contributed by atoms with Crippen LogP contribution < -0.4 is 20.3 Å². The van der Waals surface area contributed by atoms with Gasteiger partial charge in [-0.3, -0.25) is 4.90 Å². The first-order valence-electron chi connectivity index (χ1n) is 11.2. The van der Waals surface area contributed by atoms with Crippen molar-refractivity contribution in [3.8, 4) is 5.75 Å². The number of piperazine rings is 1. The van der Waals surface area contributed by atoms with Crippen molar-refractivity contribution < 1.29 is 18.3 Å². The highest BCUT2D eigenvalue weighted by molar-refractivity contribution is 6.00. The lowest BCUT2D eigenvalue weighted by Crippen LogP contribution is -2.46. The maximum Gasteiger partial charge on any atom is 0.323 e. The van der Waals surface area contributed by atoms with E-state index in [1.165, 1.54) is 6.07 Å². The van der Waals surface area contributed by atoms with Gasteiger partial charge in [0.1, 0.15) is 11.6 Å². The maximum absolute atomic E-state index is 13.9. The van der Waals surface area contributed by atoms with E-state index in [0.717, 1.165) is 11.9 Å². The first-order valence-corrected chi connectivity index (χ1v) is 11.2. The van der Waals surface area contributed by atoms with E-state index in [2.05, 4.69) is 25.4 Å². The van der Waals surface area contributed by atoms with Crippen molar-refractivity contribution in [2.75, 3.05) is 48.3 Å². The normalized spacial score (nSPS) is 14.0. The molecule has 0 bridgehead atoms. The molecular weight excluding hydrogens is 440 g/mol. The molecule has 2 aromatic carbocycles. The topological polar surface area (TPSA) is 69.7 Å². The van der Waals surface area contributed by atoms with Crippen LogP contribution in [-0.2, 0) is 6.54 Å². The molecule has 3 aromatic rings. The number of aromatic nitrogens is 1. The summed E-state index contributed by atoms with van der Waals surface area (Å²) in [5.74, 6) is -0.196. The summed E-state index contributed by atoms with van der Waals surface area (Å²) in [5.41, 5.74) is 1.52. The lowest BCUT2D eigenvalue weighted by molar-refractivity contribution is 0.245. The first kappa shape index (κ1) is 23.4. The Morgan fingerprint density at radius 3 is 2.53 bits per heavy atom. The van der Waals surface area contributed by atoms with Crippen LogP contribution in [0, 0.1) is 11.6 Å². The molecule has 1 aliphatic heterocycles. The molecular formula is C25H27F2N5O2. The molecule has 0 saturated carbocycles. The van der Waals surface area contributed by atoms with Gasteiger partial charge in [0, 0.05) is 38.3 Å². The minimum atomic E-state index is -0.818. The summed E-state index contributed by atoms with van der Waals surface area (Å²) < 4.78 is 32.9. The zero-order chi connectivity index (χ0) is 23.9. The zero-order valence-electron chi connectivity index (χ0n) is 18.9. The van der Waals surface area contributed by atoms with Crippen molar-refractivity contribution in [2.45, 2.75) is 13.5 Å². The molecule has 2 N–H and O–H groups in total. The molecule has 9 heteroatoms. The van der Waals surface area contributed by atoms with E-state index in [4.69, 9.17) is 4.74 Å². The molecule has 0 spiro atoms. The SMILES string of the molecule is CCOc1ccccc1NC(=O)Nc1ccc(N2CCN(Cc3cccc(F)c3F)CC2)nc1. The summed E-state index contributed by atoms with van der Waals surface area (Å²) in [6.45, 7) is 5.60. The second-order valence-electron chi connectivity index (χ2n) is 7.89. The van der Waals surface area contributed by atoms with Crippen LogP contribution in [0.2, 0.25) is 0 Å². The number of benzene rings is 2. The lowest BCUT2D eigenvalue weighted by atomic mass is 10.1. The predicted octanol–water partition coefficient (Wildman–Crippen LogP) is 4.72. The van der Waals surface area contributed by atoms with Gasteiger partial charge < -0.3 is 20.3 Å². The Hall–Kier alpha value is -3.72. The maximum atomic E-state index is 13.9. The second-order valence-corrected chi connectivity index (χ2v) is 7.89. The van der Waals surface area contributed by atoms with E-state index in [-0.39, 0.29) is 6.03 Å². The van der Waals surface area contributed by atoms with Crippen molar-refractivity contribution >= 4 is 23.2 Å². The molecule has 7 nitrogen and oxygen atoms in total. The highest BCUT2D eigenvalue weighted by Gasteiger charge is 2.20. The number of pyridine rings is 1. The molecule has 2 amide bonds. The molecule has 0 atom stereocenters. The van der Waals surface area contributed by atoms with Crippen LogP contribution in [0.5, 0.6) is 5.75 Å². The Labute approximate surface area is 197 Å². The quantitative estimate of drug-likeness (QED) is 0.526. The number of halogens is 2. The van der Waals surface area contributed by atoms with Crippen molar-refractivity contribution in [3.63, 3.8) is 0 Å². The molecule has 0 aliphatic carbocycles. The Morgan fingerprint density at radius 2 is 1.79 bits per heavy atom. The van der Waals surface area contributed by atoms with Crippen LogP contribution in [0.4, 0.5) is 30.8 Å². The molecule has 4 rings (SSSR count). The van der Waals surface area contributed by atoms with E-state index >= 15 is 0 Å². The van der Waals surface area contributed by atoms with Gasteiger partial charge in [-0.05, 0) is 37.3 Å². The van der Waals surface area contributed by atoms with E-state index in [0.29, 0.717) is 62.0 Å². The van der Waals surface area contributed by atoms with Gasteiger partial charge >= 0.3 is 6.03 Å². The van der Waals surface area contributed by atoms with Gasteiger partial charge in [0.25, 0.3) is 0 Å². The number of hydrogen-bond acceptors (Lipinski definition) is 5. The molecule has 178 valence electrons. The van der Waals surface area contributed by atoms with E-state index in [9.17, 15) is 13.6 Å². The fraction of sp³-hybridized carbons (Fsp3) is 0.280. The molecule has 0 unspecified atom stereocenters. The first-order chi connectivity index (χ1) is 16.5. The molecule has 1 aliphatic rings. The number of anilines is 3. The van der Waals surface area contributed by atoms with Crippen LogP contribution in [0.3, 0.4) is 0 Å².